The Labute approximate surface area is 237 Å². The molecule has 4 rings (SSSR count). The average molecular weight is 576 g/mol. The van der Waals surface area contributed by atoms with Crippen molar-refractivity contribution in [3.8, 4) is 0 Å². The van der Waals surface area contributed by atoms with Gasteiger partial charge in [-0.15, -0.1) is 0 Å². The van der Waals surface area contributed by atoms with Crippen molar-refractivity contribution in [3.63, 3.8) is 0 Å². The summed E-state index contributed by atoms with van der Waals surface area (Å²) in [5.74, 6) is 0. The molecule has 39 heavy (non-hydrogen) atoms. The van der Waals surface area contributed by atoms with E-state index in [-0.39, 0.29) is 0 Å². The highest BCUT2D eigenvalue weighted by atomic mass is 31.1. The first-order valence-electron chi connectivity index (χ1n) is 13.3. The minimum absolute atomic E-state index is 0.560. The van der Waals surface area contributed by atoms with E-state index in [2.05, 4.69) is 126 Å². The minimum atomic E-state index is -2.64. The van der Waals surface area contributed by atoms with Gasteiger partial charge in [-0.3, -0.25) is 4.90 Å². The first-order valence-corrected chi connectivity index (χ1v) is 18.3. The van der Waals surface area contributed by atoms with Crippen LogP contribution in [0.1, 0.15) is 6.42 Å². The van der Waals surface area contributed by atoms with Crippen molar-refractivity contribution >= 4 is 45.9 Å². The lowest BCUT2D eigenvalue weighted by Gasteiger charge is -2.33. The molecular formula is C32H39NO3P2Si. The molecule has 7 heteroatoms. The van der Waals surface area contributed by atoms with Crippen molar-refractivity contribution in [1.29, 1.82) is 0 Å². The van der Waals surface area contributed by atoms with Crippen LogP contribution < -0.4 is 21.2 Å². The van der Waals surface area contributed by atoms with E-state index in [9.17, 15) is 0 Å². The van der Waals surface area contributed by atoms with E-state index >= 15 is 0 Å². The topological polar surface area (TPSA) is 30.9 Å². The molecule has 0 spiro atoms. The maximum Gasteiger partial charge on any atom is 0.500 e. The van der Waals surface area contributed by atoms with Gasteiger partial charge in [0.1, 0.15) is 0 Å². The van der Waals surface area contributed by atoms with Gasteiger partial charge in [0.2, 0.25) is 0 Å². The van der Waals surface area contributed by atoms with E-state index in [0.29, 0.717) is 0 Å². The summed E-state index contributed by atoms with van der Waals surface area (Å²) in [4.78, 5) is 2.68. The zero-order valence-electron chi connectivity index (χ0n) is 23.1. The number of nitrogens with zero attached hydrogens (tertiary/aromatic N) is 1. The lowest BCUT2D eigenvalue weighted by Crippen LogP contribution is -2.43. The largest absolute Gasteiger partial charge is 0.500 e. The van der Waals surface area contributed by atoms with Gasteiger partial charge in [-0.25, -0.2) is 0 Å². The predicted molar refractivity (Wildman–Crippen MR) is 171 cm³/mol. The van der Waals surface area contributed by atoms with Crippen LogP contribution in [-0.4, -0.2) is 54.2 Å². The molecule has 0 saturated heterocycles. The van der Waals surface area contributed by atoms with E-state index in [1.54, 1.807) is 21.3 Å². The summed E-state index contributed by atoms with van der Waals surface area (Å²) < 4.78 is 17.2. The van der Waals surface area contributed by atoms with Gasteiger partial charge in [-0.1, -0.05) is 121 Å². The van der Waals surface area contributed by atoms with Crippen LogP contribution in [-0.2, 0) is 13.3 Å². The Bertz CT molecular complexity index is 1040. The van der Waals surface area contributed by atoms with E-state index in [4.69, 9.17) is 13.3 Å². The Morgan fingerprint density at radius 2 is 0.821 bits per heavy atom. The number of rotatable bonds is 15. The molecule has 0 radical (unpaired) electrons. The van der Waals surface area contributed by atoms with Crippen LogP contribution in [0, 0.1) is 0 Å². The summed E-state index contributed by atoms with van der Waals surface area (Å²) in [5.41, 5.74) is 0. The smallest absolute Gasteiger partial charge is 0.377 e. The molecule has 0 bridgehead atoms. The second-order valence-electron chi connectivity index (χ2n) is 9.27. The van der Waals surface area contributed by atoms with Crippen molar-refractivity contribution in [2.24, 2.45) is 0 Å². The van der Waals surface area contributed by atoms with Crippen molar-refractivity contribution in [1.82, 2.24) is 4.90 Å². The van der Waals surface area contributed by atoms with Crippen LogP contribution >= 0.6 is 15.8 Å². The molecule has 0 aliphatic carbocycles. The minimum Gasteiger partial charge on any atom is -0.377 e. The second kappa shape index (κ2) is 15.5. The van der Waals surface area contributed by atoms with Crippen LogP contribution in [0.5, 0.6) is 0 Å². The van der Waals surface area contributed by atoms with Gasteiger partial charge in [0.25, 0.3) is 0 Å². The molecule has 4 aromatic rings. The van der Waals surface area contributed by atoms with E-state index in [0.717, 1.165) is 31.6 Å². The third kappa shape index (κ3) is 8.39. The lowest BCUT2D eigenvalue weighted by molar-refractivity contribution is 0.122. The van der Waals surface area contributed by atoms with Crippen molar-refractivity contribution in [2.45, 2.75) is 12.5 Å². The van der Waals surface area contributed by atoms with E-state index in [1.807, 2.05) is 0 Å². The third-order valence-electron chi connectivity index (χ3n) is 6.84. The number of benzene rings is 4. The van der Waals surface area contributed by atoms with Crippen LogP contribution in [0.4, 0.5) is 0 Å². The van der Waals surface area contributed by atoms with Gasteiger partial charge in [-0.05, 0) is 50.0 Å². The number of hydrogen-bond donors (Lipinski definition) is 0. The first kappa shape index (κ1) is 29.8. The molecule has 0 unspecified atom stereocenters. The van der Waals surface area contributed by atoms with Gasteiger partial charge in [0.15, 0.2) is 0 Å². The Balaban J connectivity index is 1.66. The van der Waals surface area contributed by atoms with E-state index < -0.39 is 24.6 Å². The Hall–Kier alpha value is -2.20. The standard InChI is InChI=1S/C32H39NO3P2Si/c1-34-39(35-2,36-3)26-16-25-33(27-37(29-17-8-4-9-18-29)30-19-10-5-11-20-30)28-38(31-21-12-6-13-22-31)32-23-14-7-15-24-32/h4-15,17-24H,16,25-28H2,1-3H3. The number of hydrogen-bond acceptors (Lipinski definition) is 4. The second-order valence-corrected chi connectivity index (χ2v) is 16.7. The van der Waals surface area contributed by atoms with Crippen molar-refractivity contribution in [2.75, 3.05) is 40.4 Å². The molecule has 0 saturated carbocycles. The molecule has 0 aliphatic heterocycles. The molecule has 0 atom stereocenters. The Morgan fingerprint density at radius 3 is 1.10 bits per heavy atom. The summed E-state index contributed by atoms with van der Waals surface area (Å²) in [5, 5.41) is 5.62. The van der Waals surface area contributed by atoms with Crippen molar-refractivity contribution < 1.29 is 13.3 Å². The van der Waals surface area contributed by atoms with Crippen LogP contribution in [0.25, 0.3) is 0 Å². The third-order valence-corrected chi connectivity index (χ3v) is 14.7. The van der Waals surface area contributed by atoms with Crippen LogP contribution in [0.2, 0.25) is 6.04 Å². The molecule has 4 nitrogen and oxygen atoms in total. The molecule has 0 N–H and O–H groups in total. The summed E-state index contributed by atoms with van der Waals surface area (Å²) in [6, 6.07) is 44.8. The maximum absolute atomic E-state index is 5.74. The van der Waals surface area contributed by atoms with Gasteiger partial charge in [0.05, 0.1) is 0 Å². The van der Waals surface area contributed by atoms with Crippen LogP contribution in [0.3, 0.4) is 0 Å². The molecule has 0 heterocycles. The molecule has 0 aliphatic rings. The predicted octanol–water partition coefficient (Wildman–Crippen LogP) is 5.74. The zero-order valence-corrected chi connectivity index (χ0v) is 25.9. The summed E-state index contributed by atoms with van der Waals surface area (Å²) >= 11 is 0. The highest BCUT2D eigenvalue weighted by molar-refractivity contribution is 7.73. The molecule has 0 amide bonds. The SMILES string of the molecule is CO[Si](CCCN(CP(c1ccccc1)c1ccccc1)CP(c1ccccc1)c1ccccc1)(OC)OC. The average Bonchev–Trinajstić information content (AvgIpc) is 3.02. The fourth-order valence-electron chi connectivity index (χ4n) is 4.72. The van der Waals surface area contributed by atoms with Gasteiger partial charge < -0.3 is 13.3 Å². The zero-order chi connectivity index (χ0) is 27.3. The van der Waals surface area contributed by atoms with Gasteiger partial charge in [0, 0.05) is 39.9 Å². The molecular weight excluding hydrogens is 536 g/mol. The molecule has 204 valence electrons. The van der Waals surface area contributed by atoms with Crippen LogP contribution in [0.15, 0.2) is 121 Å². The lowest BCUT2D eigenvalue weighted by atomic mass is 10.4. The normalized spacial score (nSPS) is 11.9. The summed E-state index contributed by atoms with van der Waals surface area (Å²) in [6.45, 7) is 0.946. The molecule has 0 fully saturated rings. The monoisotopic (exact) mass is 575 g/mol. The fraction of sp³-hybridized carbons (Fsp3) is 0.250. The highest BCUT2D eigenvalue weighted by Crippen LogP contribution is 2.39. The maximum atomic E-state index is 5.74. The summed E-state index contributed by atoms with van der Waals surface area (Å²) in [7, 11) is 1.34. The Morgan fingerprint density at radius 1 is 0.513 bits per heavy atom. The Kier molecular flexibility index (Phi) is 11.9. The van der Waals surface area contributed by atoms with E-state index in [1.165, 1.54) is 21.2 Å². The quantitative estimate of drug-likeness (QED) is 0.134. The summed E-state index contributed by atoms with van der Waals surface area (Å²) in [6.07, 6.45) is 2.92. The highest BCUT2D eigenvalue weighted by Gasteiger charge is 2.37. The first-order chi connectivity index (χ1) is 19.2. The molecule has 4 aromatic carbocycles. The van der Waals surface area contributed by atoms with Crippen molar-refractivity contribution in [3.05, 3.63) is 121 Å². The fourth-order valence-corrected chi connectivity index (χ4v) is 11.2. The van der Waals surface area contributed by atoms with Gasteiger partial charge >= 0.3 is 8.80 Å². The van der Waals surface area contributed by atoms with Gasteiger partial charge in [-0.2, -0.15) is 0 Å². The molecule has 0 aromatic heterocycles.